The fourth-order valence-corrected chi connectivity index (χ4v) is 3.29. The van der Waals surface area contributed by atoms with Crippen molar-refractivity contribution in [1.29, 1.82) is 0 Å². The average Bonchev–Trinajstić information content (AvgIpc) is 3.06. The van der Waals surface area contributed by atoms with Gasteiger partial charge in [-0.2, -0.15) is 0 Å². The van der Waals surface area contributed by atoms with Gasteiger partial charge >= 0.3 is 0 Å². The summed E-state index contributed by atoms with van der Waals surface area (Å²) in [6.07, 6.45) is 6.75. The lowest BCUT2D eigenvalue weighted by Gasteiger charge is -2.41. The van der Waals surface area contributed by atoms with Gasteiger partial charge in [0.15, 0.2) is 0 Å². The molecule has 2 aliphatic carbocycles. The number of hydrogen-bond donors (Lipinski definition) is 1. The van der Waals surface area contributed by atoms with Crippen LogP contribution in [0.2, 0.25) is 0 Å². The van der Waals surface area contributed by atoms with Crippen molar-refractivity contribution in [3.05, 3.63) is 0 Å². The van der Waals surface area contributed by atoms with Gasteiger partial charge in [-0.1, -0.05) is 20.8 Å². The van der Waals surface area contributed by atoms with Crippen LogP contribution in [0.15, 0.2) is 0 Å². The largest absolute Gasteiger partial charge is 0.327 e. The molecule has 2 rings (SSSR count). The van der Waals surface area contributed by atoms with Crippen LogP contribution >= 0.6 is 0 Å². The zero-order valence-corrected chi connectivity index (χ0v) is 11.9. The fraction of sp³-hybridized carbons (Fsp3) is 1.00. The second-order valence-corrected chi connectivity index (χ2v) is 7.13. The Hall–Kier alpha value is -0.0800. The van der Waals surface area contributed by atoms with Crippen molar-refractivity contribution in [1.82, 2.24) is 4.90 Å². The van der Waals surface area contributed by atoms with Crippen molar-refractivity contribution in [3.8, 4) is 0 Å². The lowest BCUT2D eigenvalue weighted by Crippen LogP contribution is -2.45. The molecule has 2 fully saturated rings. The van der Waals surface area contributed by atoms with Gasteiger partial charge in [0, 0.05) is 19.1 Å². The summed E-state index contributed by atoms with van der Waals surface area (Å²) in [5, 5.41) is 0. The minimum atomic E-state index is 0.441. The predicted octanol–water partition coefficient (Wildman–Crippen LogP) is 2.87. The summed E-state index contributed by atoms with van der Waals surface area (Å²) in [6.45, 7) is 10.9. The first-order chi connectivity index (χ1) is 8.00. The minimum absolute atomic E-state index is 0.441. The van der Waals surface area contributed by atoms with E-state index in [0.29, 0.717) is 11.5 Å². The summed E-state index contributed by atoms with van der Waals surface area (Å²) in [5.41, 5.74) is 6.84. The van der Waals surface area contributed by atoms with Crippen LogP contribution in [-0.2, 0) is 0 Å². The van der Waals surface area contributed by atoms with Gasteiger partial charge in [-0.05, 0) is 55.9 Å². The van der Waals surface area contributed by atoms with Gasteiger partial charge in [-0.25, -0.2) is 0 Å². The van der Waals surface area contributed by atoms with E-state index in [1.165, 1.54) is 51.7 Å². The molecule has 2 heteroatoms. The van der Waals surface area contributed by atoms with Gasteiger partial charge in [0.2, 0.25) is 0 Å². The number of hydrogen-bond acceptors (Lipinski definition) is 2. The number of rotatable bonds is 5. The monoisotopic (exact) mass is 238 g/mol. The lowest BCUT2D eigenvalue weighted by molar-refractivity contribution is 0.115. The molecule has 2 aliphatic rings. The Kier molecular flexibility index (Phi) is 4.14. The molecule has 0 aromatic rings. The predicted molar refractivity (Wildman–Crippen MR) is 73.9 cm³/mol. The topological polar surface area (TPSA) is 29.3 Å². The first kappa shape index (κ1) is 13.4. The molecule has 2 N–H and O–H groups in total. The maximum Gasteiger partial charge on any atom is 0.00797 e. The van der Waals surface area contributed by atoms with Crippen LogP contribution in [0, 0.1) is 17.3 Å². The van der Waals surface area contributed by atoms with Crippen LogP contribution in [-0.4, -0.2) is 30.6 Å². The molecule has 0 bridgehead atoms. The third-order valence-corrected chi connectivity index (χ3v) is 4.73. The Morgan fingerprint density at radius 3 is 2.47 bits per heavy atom. The molecule has 2 atom stereocenters. The highest BCUT2D eigenvalue weighted by Crippen LogP contribution is 2.38. The standard InChI is InChI=1S/C15H30N2/c1-4-17(10-12-5-6-12)11-13-9-15(2,3)8-7-14(13)16/h12-14H,4-11,16H2,1-3H3. The van der Waals surface area contributed by atoms with Crippen molar-refractivity contribution in [2.24, 2.45) is 23.0 Å². The third kappa shape index (κ3) is 3.96. The first-order valence-electron chi connectivity index (χ1n) is 7.48. The van der Waals surface area contributed by atoms with E-state index >= 15 is 0 Å². The SMILES string of the molecule is CCN(CC1CC1)CC1CC(C)(C)CCC1N. The van der Waals surface area contributed by atoms with Gasteiger partial charge in [0.05, 0.1) is 0 Å². The normalized spacial score (nSPS) is 33.0. The van der Waals surface area contributed by atoms with E-state index in [-0.39, 0.29) is 0 Å². The molecule has 0 saturated heterocycles. The summed E-state index contributed by atoms with van der Waals surface area (Å²) < 4.78 is 0. The summed E-state index contributed by atoms with van der Waals surface area (Å²) in [5.74, 6) is 1.72. The Balaban J connectivity index is 1.85. The van der Waals surface area contributed by atoms with Crippen molar-refractivity contribution in [2.45, 2.75) is 58.9 Å². The molecule has 17 heavy (non-hydrogen) atoms. The van der Waals surface area contributed by atoms with Crippen LogP contribution in [0.1, 0.15) is 52.9 Å². The van der Waals surface area contributed by atoms with Crippen molar-refractivity contribution in [2.75, 3.05) is 19.6 Å². The number of nitrogens with two attached hydrogens (primary N) is 1. The highest BCUT2D eigenvalue weighted by molar-refractivity contribution is 4.89. The van der Waals surface area contributed by atoms with Gasteiger partial charge in [-0.3, -0.25) is 0 Å². The smallest absolute Gasteiger partial charge is 0.00797 e. The summed E-state index contributed by atoms with van der Waals surface area (Å²) in [7, 11) is 0. The van der Waals surface area contributed by atoms with Crippen LogP contribution in [0.5, 0.6) is 0 Å². The lowest BCUT2D eigenvalue weighted by atomic mass is 9.70. The molecule has 2 unspecified atom stereocenters. The molecule has 0 aliphatic heterocycles. The molecule has 2 nitrogen and oxygen atoms in total. The molecule has 0 amide bonds. The van der Waals surface area contributed by atoms with E-state index in [9.17, 15) is 0 Å². The highest BCUT2D eigenvalue weighted by atomic mass is 15.1. The van der Waals surface area contributed by atoms with E-state index in [1.807, 2.05) is 0 Å². The Bertz CT molecular complexity index is 245. The second kappa shape index (κ2) is 5.27. The number of nitrogens with zero attached hydrogens (tertiary/aromatic N) is 1. The van der Waals surface area contributed by atoms with Crippen LogP contribution in [0.3, 0.4) is 0 Å². The Morgan fingerprint density at radius 2 is 1.88 bits per heavy atom. The van der Waals surface area contributed by atoms with Crippen molar-refractivity contribution in [3.63, 3.8) is 0 Å². The molecule has 2 saturated carbocycles. The zero-order chi connectivity index (χ0) is 12.5. The fourth-order valence-electron chi connectivity index (χ4n) is 3.29. The van der Waals surface area contributed by atoms with E-state index in [2.05, 4.69) is 25.7 Å². The molecule has 0 spiro atoms. The van der Waals surface area contributed by atoms with Crippen molar-refractivity contribution < 1.29 is 0 Å². The molecular weight excluding hydrogens is 208 g/mol. The van der Waals surface area contributed by atoms with Crippen LogP contribution in [0.4, 0.5) is 0 Å². The highest BCUT2D eigenvalue weighted by Gasteiger charge is 2.34. The van der Waals surface area contributed by atoms with Crippen molar-refractivity contribution >= 4 is 0 Å². The van der Waals surface area contributed by atoms with E-state index in [0.717, 1.165) is 11.8 Å². The molecule has 0 heterocycles. The van der Waals surface area contributed by atoms with Gasteiger partial charge in [0.25, 0.3) is 0 Å². The maximum atomic E-state index is 6.32. The summed E-state index contributed by atoms with van der Waals surface area (Å²) in [6, 6.07) is 0.441. The third-order valence-electron chi connectivity index (χ3n) is 4.73. The van der Waals surface area contributed by atoms with Gasteiger partial charge in [0.1, 0.15) is 0 Å². The molecule has 0 aromatic heterocycles. The maximum absolute atomic E-state index is 6.32. The average molecular weight is 238 g/mol. The van der Waals surface area contributed by atoms with E-state index in [4.69, 9.17) is 5.73 Å². The summed E-state index contributed by atoms with van der Waals surface area (Å²) in [4.78, 5) is 2.64. The Labute approximate surface area is 107 Å². The van der Waals surface area contributed by atoms with Gasteiger partial charge in [-0.15, -0.1) is 0 Å². The first-order valence-corrected chi connectivity index (χ1v) is 7.48. The van der Waals surface area contributed by atoms with E-state index in [1.54, 1.807) is 0 Å². The quantitative estimate of drug-likeness (QED) is 0.798. The summed E-state index contributed by atoms with van der Waals surface area (Å²) >= 11 is 0. The van der Waals surface area contributed by atoms with E-state index < -0.39 is 0 Å². The molecule has 0 aromatic carbocycles. The van der Waals surface area contributed by atoms with Gasteiger partial charge < -0.3 is 10.6 Å². The molecule has 100 valence electrons. The zero-order valence-electron chi connectivity index (χ0n) is 11.9. The molecular formula is C15H30N2. The Morgan fingerprint density at radius 1 is 1.18 bits per heavy atom. The van der Waals surface area contributed by atoms with Crippen LogP contribution in [0.25, 0.3) is 0 Å². The molecule has 0 radical (unpaired) electrons. The second-order valence-electron chi connectivity index (χ2n) is 7.13. The minimum Gasteiger partial charge on any atom is -0.327 e. The van der Waals surface area contributed by atoms with Crippen LogP contribution < -0.4 is 5.73 Å².